The molecule has 0 bridgehead atoms. The van der Waals surface area contributed by atoms with Crippen LogP contribution in [0.4, 0.5) is 0 Å². The molecular weight excluding hydrogens is 204 g/mol. The Morgan fingerprint density at radius 3 is 1.86 bits per heavy atom. The summed E-state index contributed by atoms with van der Waals surface area (Å²) in [5, 5.41) is 15.1. The number of aliphatic carboxylic acids is 1. The number of nitrogens with one attached hydrogen (secondary N) is 1. The zero-order valence-electron chi connectivity index (χ0n) is 8.91. The van der Waals surface area contributed by atoms with Gasteiger partial charge in [0.1, 0.15) is 5.84 Å². The van der Waals surface area contributed by atoms with Crippen LogP contribution in [0.3, 0.4) is 0 Å². The Kier molecular flexibility index (Phi) is 4.91. The van der Waals surface area contributed by atoms with Crippen LogP contribution >= 0.6 is 11.6 Å². The molecule has 0 amide bonds. The molecule has 1 atom stereocenters. The van der Waals surface area contributed by atoms with Gasteiger partial charge >= 0.3 is 5.97 Å². The minimum atomic E-state index is -1.26. The maximum absolute atomic E-state index is 10.6. The number of carboxylic acids is 1. The van der Waals surface area contributed by atoms with E-state index in [0.717, 1.165) is 0 Å². The summed E-state index contributed by atoms with van der Waals surface area (Å²) in [5.74, 6) is -1.23. The van der Waals surface area contributed by atoms with Crippen molar-refractivity contribution in [2.75, 3.05) is 0 Å². The van der Waals surface area contributed by atoms with Crippen molar-refractivity contribution in [1.82, 2.24) is 4.90 Å². The quantitative estimate of drug-likeness (QED) is 0.431. The van der Waals surface area contributed by atoms with E-state index in [9.17, 15) is 4.79 Å². The Morgan fingerprint density at radius 2 is 1.64 bits per heavy atom. The van der Waals surface area contributed by atoms with Gasteiger partial charge in [0, 0.05) is 12.1 Å². The Bertz CT molecular complexity index is 221. The first-order valence-electron chi connectivity index (χ1n) is 4.52. The molecule has 0 saturated carbocycles. The second-order valence-electron chi connectivity index (χ2n) is 3.68. The maximum atomic E-state index is 10.6. The first kappa shape index (κ1) is 13.2. The second kappa shape index (κ2) is 5.20. The van der Waals surface area contributed by atoms with Gasteiger partial charge < -0.3 is 10.0 Å². The van der Waals surface area contributed by atoms with Crippen LogP contribution in [0.15, 0.2) is 0 Å². The van der Waals surface area contributed by atoms with Crippen molar-refractivity contribution in [3.8, 4) is 0 Å². The highest BCUT2D eigenvalue weighted by Gasteiger charge is 2.27. The van der Waals surface area contributed by atoms with Gasteiger partial charge in [-0.05, 0) is 27.7 Å². The summed E-state index contributed by atoms with van der Waals surface area (Å²) in [4.78, 5) is 12.3. The fourth-order valence-corrected chi connectivity index (χ4v) is 1.51. The van der Waals surface area contributed by atoms with Crippen LogP contribution in [-0.2, 0) is 4.79 Å². The standard InChI is InChI=1S/C9H17ClN2O2/c1-5(2)12(6(3)4)8(11)7(10)9(13)14/h5-7,11H,1-4H3,(H,13,14). The molecule has 1 unspecified atom stereocenters. The normalized spacial score (nSPS) is 13.1. The molecule has 2 N–H and O–H groups in total. The van der Waals surface area contributed by atoms with Crippen molar-refractivity contribution in [3.05, 3.63) is 0 Å². The molecule has 0 fully saturated rings. The van der Waals surface area contributed by atoms with Gasteiger partial charge in [0.15, 0.2) is 5.38 Å². The number of hydrogen-bond donors (Lipinski definition) is 2. The minimum absolute atomic E-state index is 0.0517. The van der Waals surface area contributed by atoms with E-state index in [4.69, 9.17) is 22.1 Å². The van der Waals surface area contributed by atoms with Crippen LogP contribution in [0, 0.1) is 5.41 Å². The Balaban J connectivity index is 4.69. The average Bonchev–Trinajstić information content (AvgIpc) is 2.01. The maximum Gasteiger partial charge on any atom is 0.329 e. The SMILES string of the molecule is CC(C)N(C(=N)C(Cl)C(=O)O)C(C)C. The second-order valence-corrected chi connectivity index (χ2v) is 4.12. The van der Waals surface area contributed by atoms with Crippen molar-refractivity contribution in [3.63, 3.8) is 0 Å². The number of halogens is 1. The van der Waals surface area contributed by atoms with E-state index >= 15 is 0 Å². The molecule has 0 heterocycles. The van der Waals surface area contributed by atoms with E-state index in [-0.39, 0.29) is 17.9 Å². The van der Waals surface area contributed by atoms with Gasteiger partial charge in [-0.1, -0.05) is 0 Å². The molecule has 0 spiro atoms. The highest BCUT2D eigenvalue weighted by Crippen LogP contribution is 2.11. The smallest absolute Gasteiger partial charge is 0.329 e. The minimum Gasteiger partial charge on any atom is -0.480 e. The zero-order valence-corrected chi connectivity index (χ0v) is 9.67. The van der Waals surface area contributed by atoms with Crippen LogP contribution < -0.4 is 0 Å². The Labute approximate surface area is 89.4 Å². The van der Waals surface area contributed by atoms with Crippen molar-refractivity contribution in [2.45, 2.75) is 45.2 Å². The zero-order chi connectivity index (χ0) is 11.5. The van der Waals surface area contributed by atoms with Gasteiger partial charge in [0.05, 0.1) is 0 Å². The number of alkyl halides is 1. The molecule has 5 heteroatoms. The third kappa shape index (κ3) is 3.18. The number of nitrogens with zero attached hydrogens (tertiary/aromatic N) is 1. The van der Waals surface area contributed by atoms with E-state index in [1.54, 1.807) is 4.90 Å². The number of hydrogen-bond acceptors (Lipinski definition) is 2. The van der Waals surface area contributed by atoms with Gasteiger partial charge in [0.2, 0.25) is 0 Å². The third-order valence-electron chi connectivity index (χ3n) is 1.85. The molecule has 0 aromatic heterocycles. The number of amidine groups is 1. The molecule has 0 radical (unpaired) electrons. The lowest BCUT2D eigenvalue weighted by Crippen LogP contribution is -2.47. The molecule has 0 aliphatic carbocycles. The van der Waals surface area contributed by atoms with Crippen molar-refractivity contribution in [1.29, 1.82) is 5.41 Å². The summed E-state index contributed by atoms with van der Waals surface area (Å²) in [6, 6.07) is 0.145. The topological polar surface area (TPSA) is 64.4 Å². The van der Waals surface area contributed by atoms with Gasteiger partial charge in [-0.3, -0.25) is 10.2 Å². The fourth-order valence-electron chi connectivity index (χ4n) is 1.40. The Hall–Kier alpha value is -0.770. The summed E-state index contributed by atoms with van der Waals surface area (Å²) in [6.07, 6.45) is 0. The van der Waals surface area contributed by atoms with Crippen LogP contribution in [0.2, 0.25) is 0 Å². The van der Waals surface area contributed by atoms with Crippen LogP contribution in [0.25, 0.3) is 0 Å². The van der Waals surface area contributed by atoms with Crippen LogP contribution in [0.1, 0.15) is 27.7 Å². The van der Waals surface area contributed by atoms with Crippen molar-refractivity contribution >= 4 is 23.4 Å². The largest absolute Gasteiger partial charge is 0.480 e. The van der Waals surface area contributed by atoms with E-state index in [1.807, 2.05) is 27.7 Å². The number of carboxylic acid groups (broad SMARTS) is 1. The summed E-state index contributed by atoms with van der Waals surface area (Å²) in [7, 11) is 0. The predicted molar refractivity (Wildman–Crippen MR) is 57.1 cm³/mol. The molecule has 0 aromatic carbocycles. The molecule has 0 saturated heterocycles. The molecule has 14 heavy (non-hydrogen) atoms. The van der Waals surface area contributed by atoms with E-state index < -0.39 is 11.3 Å². The fraction of sp³-hybridized carbons (Fsp3) is 0.778. The van der Waals surface area contributed by atoms with Crippen molar-refractivity contribution < 1.29 is 9.90 Å². The van der Waals surface area contributed by atoms with E-state index in [2.05, 4.69) is 0 Å². The van der Waals surface area contributed by atoms with Gasteiger partial charge in [-0.2, -0.15) is 0 Å². The molecule has 0 aromatic rings. The monoisotopic (exact) mass is 220 g/mol. The number of carbonyl (C=O) groups is 1. The van der Waals surface area contributed by atoms with Crippen molar-refractivity contribution in [2.24, 2.45) is 0 Å². The molecule has 0 rings (SSSR count). The summed E-state index contributed by atoms with van der Waals surface area (Å²) in [6.45, 7) is 7.61. The molecule has 0 aliphatic rings. The first-order chi connectivity index (χ1) is 6.29. The molecule has 4 nitrogen and oxygen atoms in total. The number of rotatable bonds is 4. The molecule has 82 valence electrons. The van der Waals surface area contributed by atoms with Crippen LogP contribution in [0.5, 0.6) is 0 Å². The lowest BCUT2D eigenvalue weighted by Gasteiger charge is -2.33. The highest BCUT2D eigenvalue weighted by molar-refractivity contribution is 6.40. The third-order valence-corrected chi connectivity index (χ3v) is 2.24. The van der Waals surface area contributed by atoms with E-state index in [1.165, 1.54) is 0 Å². The molecule has 0 aliphatic heterocycles. The molecular formula is C9H17ClN2O2. The first-order valence-corrected chi connectivity index (χ1v) is 4.96. The van der Waals surface area contributed by atoms with Gasteiger partial charge in [-0.15, -0.1) is 11.6 Å². The van der Waals surface area contributed by atoms with E-state index in [0.29, 0.717) is 0 Å². The summed E-state index contributed by atoms with van der Waals surface area (Å²) in [5.41, 5.74) is 0. The summed E-state index contributed by atoms with van der Waals surface area (Å²) >= 11 is 5.58. The summed E-state index contributed by atoms with van der Waals surface area (Å²) < 4.78 is 0. The predicted octanol–water partition coefficient (Wildman–Crippen LogP) is 1.77. The Morgan fingerprint density at radius 1 is 1.29 bits per heavy atom. The van der Waals surface area contributed by atoms with Gasteiger partial charge in [0.25, 0.3) is 0 Å². The van der Waals surface area contributed by atoms with Crippen LogP contribution in [-0.4, -0.2) is 39.3 Å². The lowest BCUT2D eigenvalue weighted by atomic mass is 10.2. The highest BCUT2D eigenvalue weighted by atomic mass is 35.5. The lowest BCUT2D eigenvalue weighted by molar-refractivity contribution is -0.135. The average molecular weight is 221 g/mol. The van der Waals surface area contributed by atoms with Gasteiger partial charge in [-0.25, -0.2) is 0 Å².